The van der Waals surface area contributed by atoms with Crippen LogP contribution in [0, 0.1) is 0 Å². The molecule has 1 aliphatic heterocycles. The van der Waals surface area contributed by atoms with Crippen LogP contribution in [0.2, 0.25) is 0 Å². The maximum Gasteiger partial charge on any atom is 0.186 e. The summed E-state index contributed by atoms with van der Waals surface area (Å²) in [4.78, 5) is 12.0. The number of rotatable bonds is 6. The number of anilines is 3. The minimum atomic E-state index is -2.92. The first kappa shape index (κ1) is 31.5. The Balaban J connectivity index is 1.22. The molecule has 53 heavy (non-hydrogen) atoms. The van der Waals surface area contributed by atoms with Gasteiger partial charge in [0.25, 0.3) is 0 Å². The van der Waals surface area contributed by atoms with E-state index in [0.717, 1.165) is 28.5 Å². The highest BCUT2D eigenvalue weighted by Gasteiger charge is 2.49. The van der Waals surface area contributed by atoms with Gasteiger partial charge >= 0.3 is 0 Å². The van der Waals surface area contributed by atoms with Crippen LogP contribution in [-0.4, -0.2) is 18.0 Å². The topological polar surface area (TPSA) is 29.0 Å². The molecular weight excluding hydrogens is 686 g/mol. The largest absolute Gasteiger partial charge is 0.295 e. The van der Waals surface area contributed by atoms with Crippen LogP contribution < -0.4 is 25.6 Å². The predicted molar refractivity (Wildman–Crippen MR) is 222 cm³/mol. The first-order valence-corrected chi connectivity index (χ1v) is 20.6. The zero-order chi connectivity index (χ0) is 35.4. The van der Waals surface area contributed by atoms with E-state index in [2.05, 4.69) is 125 Å². The number of benzene rings is 6. The number of hydrogen-bond donors (Lipinski definition) is 0. The van der Waals surface area contributed by atoms with Gasteiger partial charge in [-0.1, -0.05) is 121 Å². The highest BCUT2D eigenvalue weighted by molar-refractivity contribution is 7.26. The summed E-state index contributed by atoms with van der Waals surface area (Å²) in [5.74, 6) is 0.878. The van der Waals surface area contributed by atoms with Crippen molar-refractivity contribution in [3.05, 3.63) is 199 Å². The standard InChI is InChI=1S/C47H32FN3SSi/c48-46(33-15-11-14-32(28-33)40-23-9-10-26-49-40)34-16-12-17-35(29-34)51-41-30-39-38-22-7-8-24-42(38)52-43(39)31-45(41)53(36-18-3-1-4-19-36,37-20-5-2-6-21-37)44-25-13-27-50-47(44)51/h1-31,46H. The number of pyridine rings is 2. The van der Waals surface area contributed by atoms with Crippen LogP contribution >= 0.6 is 11.3 Å². The number of fused-ring (bicyclic) bond motifs is 5. The lowest BCUT2D eigenvalue weighted by atomic mass is 9.99. The van der Waals surface area contributed by atoms with Gasteiger partial charge in [0, 0.05) is 49.5 Å². The van der Waals surface area contributed by atoms with Gasteiger partial charge in [-0.05, 0) is 86.5 Å². The zero-order valence-electron chi connectivity index (χ0n) is 28.6. The van der Waals surface area contributed by atoms with Crippen molar-refractivity contribution in [3.63, 3.8) is 0 Å². The summed E-state index contributed by atoms with van der Waals surface area (Å²) < 4.78 is 19.3. The van der Waals surface area contributed by atoms with Crippen molar-refractivity contribution in [1.82, 2.24) is 9.97 Å². The van der Waals surface area contributed by atoms with Crippen molar-refractivity contribution in [2.24, 2.45) is 0 Å². The van der Waals surface area contributed by atoms with Crippen LogP contribution in [-0.2, 0) is 0 Å². The minimum absolute atomic E-state index is 0.585. The Morgan fingerprint density at radius 1 is 0.528 bits per heavy atom. The second kappa shape index (κ2) is 12.8. The molecule has 3 aromatic heterocycles. The van der Waals surface area contributed by atoms with E-state index in [1.807, 2.05) is 78.2 Å². The van der Waals surface area contributed by atoms with Crippen LogP contribution in [0.5, 0.6) is 0 Å². The molecule has 1 aliphatic rings. The van der Waals surface area contributed by atoms with Gasteiger partial charge in [-0.2, -0.15) is 0 Å². The second-order valence-corrected chi connectivity index (χ2v) is 18.3. The minimum Gasteiger partial charge on any atom is -0.295 e. The first-order valence-electron chi connectivity index (χ1n) is 17.8. The molecule has 0 saturated carbocycles. The summed E-state index contributed by atoms with van der Waals surface area (Å²) in [6.45, 7) is 0. The van der Waals surface area contributed by atoms with E-state index in [1.165, 1.54) is 40.9 Å². The third-order valence-corrected chi connectivity index (χ3v) is 16.5. The van der Waals surface area contributed by atoms with Crippen LogP contribution in [0.3, 0.4) is 0 Å². The van der Waals surface area contributed by atoms with E-state index < -0.39 is 14.2 Å². The van der Waals surface area contributed by atoms with Crippen molar-refractivity contribution >= 4 is 77.5 Å². The molecule has 0 radical (unpaired) electrons. The highest BCUT2D eigenvalue weighted by atomic mass is 32.1. The lowest BCUT2D eigenvalue weighted by molar-refractivity contribution is 0.402. The molecule has 9 aromatic rings. The van der Waals surface area contributed by atoms with E-state index in [-0.39, 0.29) is 0 Å². The molecule has 0 saturated heterocycles. The molecule has 0 N–H and O–H groups in total. The van der Waals surface area contributed by atoms with Gasteiger partial charge in [0.1, 0.15) is 5.82 Å². The van der Waals surface area contributed by atoms with Crippen molar-refractivity contribution in [1.29, 1.82) is 0 Å². The molecule has 6 heteroatoms. The second-order valence-electron chi connectivity index (χ2n) is 13.5. The third-order valence-electron chi connectivity index (χ3n) is 10.5. The monoisotopic (exact) mass is 717 g/mol. The summed E-state index contributed by atoms with van der Waals surface area (Å²) >= 11 is 1.84. The van der Waals surface area contributed by atoms with Gasteiger partial charge in [-0.15, -0.1) is 11.3 Å². The van der Waals surface area contributed by atoms with Gasteiger partial charge in [-0.25, -0.2) is 9.37 Å². The van der Waals surface area contributed by atoms with Crippen LogP contribution in [0.15, 0.2) is 188 Å². The number of hydrogen-bond acceptors (Lipinski definition) is 4. The molecule has 0 bridgehead atoms. The zero-order valence-corrected chi connectivity index (χ0v) is 30.4. The molecular formula is C47H32FN3SSi. The molecule has 6 aromatic carbocycles. The average molecular weight is 718 g/mol. The normalized spacial score (nSPS) is 13.8. The summed E-state index contributed by atoms with van der Waals surface area (Å²) in [5.41, 5.74) is 4.84. The lowest BCUT2D eigenvalue weighted by Crippen LogP contribution is -2.77. The summed E-state index contributed by atoms with van der Waals surface area (Å²) in [5, 5.41) is 7.54. The molecule has 0 aliphatic carbocycles. The number of aromatic nitrogens is 2. The Morgan fingerprint density at radius 3 is 2.00 bits per heavy atom. The molecule has 0 spiro atoms. The number of alkyl halides is 1. The van der Waals surface area contributed by atoms with Gasteiger partial charge in [0.15, 0.2) is 14.2 Å². The van der Waals surface area contributed by atoms with E-state index in [9.17, 15) is 0 Å². The maximum absolute atomic E-state index is 16.8. The van der Waals surface area contributed by atoms with E-state index in [4.69, 9.17) is 4.98 Å². The molecule has 10 rings (SSSR count). The van der Waals surface area contributed by atoms with Crippen molar-refractivity contribution < 1.29 is 4.39 Å². The Bertz CT molecular complexity index is 2730. The van der Waals surface area contributed by atoms with Crippen molar-refractivity contribution in [2.75, 3.05) is 4.90 Å². The van der Waals surface area contributed by atoms with Gasteiger partial charge in [-0.3, -0.25) is 9.88 Å². The number of nitrogens with zero attached hydrogens (tertiary/aromatic N) is 3. The van der Waals surface area contributed by atoms with E-state index >= 15 is 4.39 Å². The lowest BCUT2D eigenvalue weighted by Gasteiger charge is -2.44. The summed E-state index contributed by atoms with van der Waals surface area (Å²) in [6.07, 6.45) is 2.31. The SMILES string of the molecule is FC(c1cccc(-c2ccccn2)c1)c1cccc(N2c3cc4c(cc3[Si](c3ccccc3)(c3ccccc3)c3cccnc32)sc2ccccc24)c1. The molecule has 1 atom stereocenters. The summed E-state index contributed by atoms with van der Waals surface area (Å²) in [7, 11) is -2.92. The van der Waals surface area contributed by atoms with Crippen LogP contribution in [0.25, 0.3) is 31.4 Å². The van der Waals surface area contributed by atoms with Crippen LogP contribution in [0.4, 0.5) is 21.6 Å². The smallest absolute Gasteiger partial charge is 0.186 e. The average Bonchev–Trinajstić information content (AvgIpc) is 3.60. The number of thiophene rings is 1. The van der Waals surface area contributed by atoms with E-state index in [0.29, 0.717) is 11.1 Å². The molecule has 3 nitrogen and oxygen atoms in total. The molecule has 0 fully saturated rings. The highest BCUT2D eigenvalue weighted by Crippen LogP contribution is 2.43. The Morgan fingerprint density at radius 2 is 1.23 bits per heavy atom. The Kier molecular flexibility index (Phi) is 7.60. The van der Waals surface area contributed by atoms with Gasteiger partial charge in [0.2, 0.25) is 0 Å². The van der Waals surface area contributed by atoms with Crippen LogP contribution in [0.1, 0.15) is 17.3 Å². The first-order chi connectivity index (χ1) is 26.2. The van der Waals surface area contributed by atoms with Gasteiger partial charge < -0.3 is 0 Å². The Labute approximate surface area is 312 Å². The number of halogens is 1. The van der Waals surface area contributed by atoms with E-state index in [1.54, 1.807) is 6.20 Å². The fourth-order valence-electron chi connectivity index (χ4n) is 8.20. The quantitative estimate of drug-likeness (QED) is 0.161. The maximum atomic E-state index is 16.8. The third kappa shape index (κ3) is 5.05. The fraction of sp³-hybridized carbons (Fsp3) is 0.0213. The molecule has 0 amide bonds. The molecule has 1 unspecified atom stereocenters. The fourth-order valence-corrected chi connectivity index (χ4v) is 14.5. The summed E-state index contributed by atoms with van der Waals surface area (Å²) in [6, 6.07) is 61.1. The Hall–Kier alpha value is -6.21. The molecule has 4 heterocycles. The van der Waals surface area contributed by atoms with Gasteiger partial charge in [0.05, 0.1) is 5.69 Å². The van der Waals surface area contributed by atoms with Crippen molar-refractivity contribution in [2.45, 2.75) is 6.17 Å². The predicted octanol–water partition coefficient (Wildman–Crippen LogP) is 9.73. The van der Waals surface area contributed by atoms with Crippen molar-refractivity contribution in [3.8, 4) is 11.3 Å². The molecule has 252 valence electrons.